The number of fused-ring (bicyclic) bond motifs is 3. The summed E-state index contributed by atoms with van der Waals surface area (Å²) in [6.45, 7) is 27.3. The van der Waals surface area contributed by atoms with Crippen LogP contribution in [0.5, 0.6) is 0 Å². The summed E-state index contributed by atoms with van der Waals surface area (Å²) in [4.78, 5) is 2.38. The van der Waals surface area contributed by atoms with Crippen LogP contribution in [0.3, 0.4) is 0 Å². The molecule has 0 fully saturated rings. The molecule has 0 heterocycles. The number of benzene rings is 1. The Morgan fingerprint density at radius 3 is 2.19 bits per heavy atom. The average molecular weight is 429 g/mol. The predicted molar refractivity (Wildman–Crippen MR) is 138 cm³/mol. The summed E-state index contributed by atoms with van der Waals surface area (Å²) < 4.78 is 0. The fourth-order valence-corrected chi connectivity index (χ4v) is 7.61. The molecular formula is C30H40N2. The van der Waals surface area contributed by atoms with E-state index in [1.165, 1.54) is 44.5 Å². The molecule has 2 N–H and O–H groups in total. The number of hydrogen-bond donors (Lipinski definition) is 1. The molecule has 2 heteroatoms. The maximum absolute atomic E-state index is 6.33. The predicted octanol–water partition coefficient (Wildman–Crippen LogP) is 6.54. The Hall–Kier alpha value is -2.32. The number of allylic oxidation sites excluding steroid dienone is 4. The first-order valence-electron chi connectivity index (χ1n) is 11.9. The minimum atomic E-state index is 0.262. The molecule has 0 aromatic heterocycles. The van der Waals surface area contributed by atoms with E-state index in [2.05, 4.69) is 85.8 Å². The Bertz CT molecular complexity index is 1110. The zero-order chi connectivity index (χ0) is 23.8. The second-order valence-electron chi connectivity index (χ2n) is 10.8. The molecule has 6 unspecified atom stereocenters. The van der Waals surface area contributed by atoms with Gasteiger partial charge >= 0.3 is 0 Å². The van der Waals surface area contributed by atoms with Crippen molar-refractivity contribution in [3.63, 3.8) is 0 Å². The van der Waals surface area contributed by atoms with Crippen molar-refractivity contribution >= 4 is 5.57 Å². The first-order valence-corrected chi connectivity index (χ1v) is 11.9. The topological polar surface area (TPSA) is 29.3 Å². The van der Waals surface area contributed by atoms with Gasteiger partial charge in [0.25, 0.3) is 0 Å². The zero-order valence-corrected chi connectivity index (χ0v) is 21.3. The minimum absolute atomic E-state index is 0.262. The number of rotatable bonds is 2. The molecule has 0 aliphatic heterocycles. The van der Waals surface area contributed by atoms with E-state index in [1.54, 1.807) is 0 Å². The van der Waals surface area contributed by atoms with Gasteiger partial charge in [0.05, 0.1) is 0 Å². The first-order chi connectivity index (χ1) is 14.9. The van der Waals surface area contributed by atoms with Gasteiger partial charge in [-0.15, -0.1) is 0 Å². The number of aryl methyl sites for hydroxylation is 1. The number of nitrogens with zero attached hydrogens (tertiary/aromatic N) is 1. The van der Waals surface area contributed by atoms with Crippen molar-refractivity contribution in [2.45, 2.75) is 53.5 Å². The van der Waals surface area contributed by atoms with Crippen LogP contribution in [0.15, 0.2) is 65.4 Å². The number of hydrogen-bond acceptors (Lipinski definition) is 2. The van der Waals surface area contributed by atoms with Gasteiger partial charge in [0, 0.05) is 23.2 Å². The SMILES string of the molecule is C=C(N)C1=C(C)C(N(C)C)C2C(C1=C)C(C)=C1C(=C)c3c(ccc(C)c3C)C(C)C1C2C. The highest BCUT2D eigenvalue weighted by molar-refractivity contribution is 5.86. The Labute approximate surface area is 195 Å². The lowest BCUT2D eigenvalue weighted by Crippen LogP contribution is -2.52. The summed E-state index contributed by atoms with van der Waals surface area (Å²) in [7, 11) is 4.39. The van der Waals surface area contributed by atoms with Crippen LogP contribution in [0.25, 0.3) is 5.57 Å². The maximum Gasteiger partial charge on any atom is 0.0348 e. The molecule has 3 aliphatic carbocycles. The molecule has 32 heavy (non-hydrogen) atoms. The summed E-state index contributed by atoms with van der Waals surface area (Å²) in [5.74, 6) is 2.13. The molecule has 0 saturated carbocycles. The zero-order valence-electron chi connectivity index (χ0n) is 21.3. The van der Waals surface area contributed by atoms with E-state index in [0.29, 0.717) is 35.4 Å². The van der Waals surface area contributed by atoms with E-state index >= 15 is 0 Å². The molecule has 2 nitrogen and oxygen atoms in total. The van der Waals surface area contributed by atoms with Gasteiger partial charge in [-0.1, -0.05) is 51.3 Å². The fourth-order valence-electron chi connectivity index (χ4n) is 7.61. The first kappa shape index (κ1) is 22.9. The van der Waals surface area contributed by atoms with Gasteiger partial charge in [0.15, 0.2) is 0 Å². The molecule has 0 radical (unpaired) electrons. The van der Waals surface area contributed by atoms with E-state index in [4.69, 9.17) is 12.3 Å². The minimum Gasteiger partial charge on any atom is -0.399 e. The Kier molecular flexibility index (Phi) is 5.45. The van der Waals surface area contributed by atoms with Crippen LogP contribution in [0, 0.1) is 37.5 Å². The van der Waals surface area contributed by atoms with Crippen molar-refractivity contribution in [2.75, 3.05) is 14.1 Å². The highest BCUT2D eigenvalue weighted by Gasteiger charge is 2.52. The van der Waals surface area contributed by atoms with Gasteiger partial charge in [-0.25, -0.2) is 0 Å². The number of nitrogens with two attached hydrogens (primary N) is 1. The number of likely N-dealkylation sites (N-methyl/N-ethyl adjacent to an activating group) is 1. The highest BCUT2D eigenvalue weighted by atomic mass is 15.1. The standard InChI is InChI=1S/C30H40N2/c1-14-12-13-23-16(3)26-20(7)29-28(19(6)27(26)18(5)25(23)15(14)2)17(4)24(22(9)31)21(8)30(29)32(10)11/h12-13,16,20,26,28-30H,4-5,9,31H2,1-3,6-8,10-11H3. The molecule has 1 aromatic carbocycles. The van der Waals surface area contributed by atoms with E-state index in [9.17, 15) is 0 Å². The lowest BCUT2D eigenvalue weighted by Gasteiger charge is -2.55. The lowest BCUT2D eigenvalue weighted by atomic mass is 9.51. The Morgan fingerprint density at radius 2 is 1.62 bits per heavy atom. The van der Waals surface area contributed by atoms with Crippen molar-refractivity contribution in [1.29, 1.82) is 0 Å². The third kappa shape index (κ3) is 2.88. The van der Waals surface area contributed by atoms with Crippen molar-refractivity contribution in [3.8, 4) is 0 Å². The van der Waals surface area contributed by atoms with E-state index in [0.717, 1.165) is 11.1 Å². The van der Waals surface area contributed by atoms with E-state index in [1.807, 2.05) is 0 Å². The fraction of sp³-hybridized carbons (Fsp3) is 0.467. The summed E-state index contributed by atoms with van der Waals surface area (Å²) in [5, 5.41) is 0. The van der Waals surface area contributed by atoms with Crippen LogP contribution in [-0.4, -0.2) is 25.0 Å². The smallest absolute Gasteiger partial charge is 0.0348 e. The second kappa shape index (κ2) is 7.63. The Morgan fingerprint density at radius 1 is 1.00 bits per heavy atom. The van der Waals surface area contributed by atoms with Crippen molar-refractivity contribution < 1.29 is 0 Å². The monoisotopic (exact) mass is 428 g/mol. The Balaban J connectivity index is 2.00. The van der Waals surface area contributed by atoms with Crippen LogP contribution >= 0.6 is 0 Å². The molecule has 6 atom stereocenters. The van der Waals surface area contributed by atoms with Crippen LogP contribution in [0.1, 0.15) is 55.9 Å². The molecule has 1 aromatic rings. The quantitative estimate of drug-likeness (QED) is 0.580. The van der Waals surface area contributed by atoms with E-state index < -0.39 is 0 Å². The molecule has 4 rings (SSSR count). The summed E-state index contributed by atoms with van der Waals surface area (Å²) >= 11 is 0. The van der Waals surface area contributed by atoms with Crippen LogP contribution in [0.2, 0.25) is 0 Å². The van der Waals surface area contributed by atoms with Gasteiger partial charge in [-0.05, 0) is 110 Å². The van der Waals surface area contributed by atoms with Crippen LogP contribution in [-0.2, 0) is 0 Å². The molecule has 0 spiro atoms. The molecule has 170 valence electrons. The van der Waals surface area contributed by atoms with E-state index in [-0.39, 0.29) is 5.92 Å². The normalized spacial score (nSPS) is 32.2. The van der Waals surface area contributed by atoms with Crippen molar-refractivity contribution in [1.82, 2.24) is 4.90 Å². The van der Waals surface area contributed by atoms with Crippen molar-refractivity contribution in [2.24, 2.45) is 29.4 Å². The van der Waals surface area contributed by atoms with Crippen LogP contribution in [0.4, 0.5) is 0 Å². The molecular weight excluding hydrogens is 388 g/mol. The molecule has 0 bridgehead atoms. The largest absolute Gasteiger partial charge is 0.399 e. The van der Waals surface area contributed by atoms with Crippen LogP contribution < -0.4 is 5.73 Å². The van der Waals surface area contributed by atoms with Gasteiger partial charge in [-0.2, -0.15) is 0 Å². The van der Waals surface area contributed by atoms with Gasteiger partial charge < -0.3 is 10.6 Å². The average Bonchev–Trinajstić information content (AvgIpc) is 2.69. The highest BCUT2D eigenvalue weighted by Crippen LogP contribution is 2.60. The van der Waals surface area contributed by atoms with Crippen molar-refractivity contribution in [3.05, 3.63) is 87.7 Å². The molecule has 0 saturated heterocycles. The maximum atomic E-state index is 6.33. The second-order valence-corrected chi connectivity index (χ2v) is 10.8. The van der Waals surface area contributed by atoms with Gasteiger partial charge in [-0.3, -0.25) is 0 Å². The van der Waals surface area contributed by atoms with Gasteiger partial charge in [0.1, 0.15) is 0 Å². The summed E-state index contributed by atoms with van der Waals surface area (Å²) in [6, 6.07) is 4.95. The third-order valence-corrected chi connectivity index (χ3v) is 8.98. The van der Waals surface area contributed by atoms with Gasteiger partial charge in [0.2, 0.25) is 0 Å². The molecule has 0 amide bonds. The lowest BCUT2D eigenvalue weighted by molar-refractivity contribution is 0.103. The summed E-state index contributed by atoms with van der Waals surface area (Å²) in [6.07, 6.45) is 0. The summed E-state index contributed by atoms with van der Waals surface area (Å²) in [5.41, 5.74) is 20.2. The molecule has 3 aliphatic rings. The third-order valence-electron chi connectivity index (χ3n) is 8.98.